The number of unbranched alkanes of at least 4 members (excludes halogenated alkanes) is 21. The first kappa shape index (κ1) is 81.6. The first-order valence-corrected chi connectivity index (χ1v) is 36.1. The summed E-state index contributed by atoms with van der Waals surface area (Å²) in [6.45, 7) is 13.7. The number of nitrogens with zero attached hydrogens (tertiary/aromatic N) is 1. The third-order valence-electron chi connectivity index (χ3n) is 18.8. The van der Waals surface area contributed by atoms with Crippen molar-refractivity contribution in [2.75, 3.05) is 45.8 Å². The van der Waals surface area contributed by atoms with Crippen molar-refractivity contribution in [3.05, 3.63) is 71.3 Å². The van der Waals surface area contributed by atoms with Gasteiger partial charge in [-0.2, -0.15) is 0 Å². The molecule has 7 amide bonds. The van der Waals surface area contributed by atoms with Crippen LogP contribution in [0.5, 0.6) is 0 Å². The summed E-state index contributed by atoms with van der Waals surface area (Å²) in [6, 6.07) is 14.7. The predicted octanol–water partition coefficient (Wildman–Crippen LogP) is 12.8. The van der Waals surface area contributed by atoms with E-state index < -0.39 is 81.5 Å². The lowest BCUT2D eigenvalue weighted by Crippen LogP contribution is -2.53. The SMILES string of the molecule is CCCCCCCCCCCCCCC(CC(=O)NCCNC(=O)C(C)(CC(CC)N1CCCC1=O)CC(C)(CC(C)(C)C(=O)NCCNC(=O)c1ccc(C(=O)c2ccccc2)cc1)C(=O)NCCNC(=O)C(CCCCCCCCCCCCC)CC(=O)O)C(=O)O. The highest BCUT2D eigenvalue weighted by atomic mass is 16.4. The number of carboxylic acid groups (broad SMARTS) is 2. The van der Waals surface area contributed by atoms with Gasteiger partial charge in [0.15, 0.2) is 5.78 Å². The molecule has 3 rings (SSSR count). The monoisotopic (exact) mass is 1310 g/mol. The number of carboxylic acids is 2. The Hall–Kier alpha value is -6.66. The number of carbonyl (C=O) groups excluding carboxylic acids is 8. The van der Waals surface area contributed by atoms with Crippen molar-refractivity contribution >= 4 is 59.1 Å². The van der Waals surface area contributed by atoms with Crippen LogP contribution < -0.4 is 31.9 Å². The third-order valence-corrected chi connectivity index (χ3v) is 18.8. The molecular formula is C75H121N7O12. The van der Waals surface area contributed by atoms with E-state index in [-0.39, 0.29) is 83.1 Å². The molecule has 0 aromatic heterocycles. The first-order chi connectivity index (χ1) is 45.0. The molecule has 5 atom stereocenters. The molecule has 8 N–H and O–H groups in total. The van der Waals surface area contributed by atoms with Gasteiger partial charge in [0.25, 0.3) is 5.91 Å². The van der Waals surface area contributed by atoms with Gasteiger partial charge in [-0.3, -0.25) is 47.9 Å². The number of ketones is 1. The largest absolute Gasteiger partial charge is 0.481 e. The van der Waals surface area contributed by atoms with Crippen LogP contribution in [0.25, 0.3) is 0 Å². The van der Waals surface area contributed by atoms with Gasteiger partial charge in [0.05, 0.1) is 12.3 Å². The van der Waals surface area contributed by atoms with Crippen molar-refractivity contribution < 1.29 is 58.2 Å². The van der Waals surface area contributed by atoms with Crippen LogP contribution in [0.4, 0.5) is 0 Å². The van der Waals surface area contributed by atoms with Gasteiger partial charge in [-0.15, -0.1) is 0 Å². The van der Waals surface area contributed by atoms with Gasteiger partial charge in [0.1, 0.15) is 0 Å². The molecule has 94 heavy (non-hydrogen) atoms. The van der Waals surface area contributed by atoms with E-state index in [0.29, 0.717) is 68.2 Å². The number of likely N-dealkylation sites (tertiary alicyclic amines) is 1. The maximum atomic E-state index is 15.0. The maximum Gasteiger partial charge on any atom is 0.307 e. The summed E-state index contributed by atoms with van der Waals surface area (Å²) in [4.78, 5) is 137. The van der Waals surface area contributed by atoms with Crippen molar-refractivity contribution in [1.29, 1.82) is 0 Å². The lowest BCUT2D eigenvalue weighted by Gasteiger charge is -2.43. The minimum Gasteiger partial charge on any atom is -0.481 e. The Morgan fingerprint density at radius 2 is 0.915 bits per heavy atom. The van der Waals surface area contributed by atoms with Gasteiger partial charge in [-0.25, -0.2) is 0 Å². The van der Waals surface area contributed by atoms with E-state index in [9.17, 15) is 53.4 Å². The summed E-state index contributed by atoms with van der Waals surface area (Å²) in [7, 11) is 0. The fraction of sp³-hybridized carbons (Fsp3) is 0.707. The van der Waals surface area contributed by atoms with Crippen molar-refractivity contribution in [1.82, 2.24) is 36.8 Å². The number of hydrogen-bond acceptors (Lipinski definition) is 10. The van der Waals surface area contributed by atoms with Crippen molar-refractivity contribution in [3.63, 3.8) is 0 Å². The molecule has 0 bridgehead atoms. The zero-order valence-electron chi connectivity index (χ0n) is 58.6. The van der Waals surface area contributed by atoms with Gasteiger partial charge < -0.3 is 47.0 Å². The van der Waals surface area contributed by atoms with Crippen LogP contribution in [0.2, 0.25) is 0 Å². The molecule has 2 aromatic carbocycles. The standard InChI is InChI=1S/C75H121N7O12/c1-8-11-13-15-17-19-21-23-25-27-29-32-39-61(69(90)91)52-63(83)76-45-48-80-71(93)74(6,54-62(10-3)82-51-35-40-64(82)84)56-75(7,72(94)81-50-47-78-68(89)60(53-65(85)86)38-31-28-26-24-22-20-18-16-14-12-9-2)55-73(4,5)70(92)79-49-46-77-67(88)59-43-41-58(42-44-59)66(87)57-36-33-30-34-37-57/h30,33-34,36-37,41-44,60-62H,8-29,31-32,35,38-40,45-56H2,1-7H3,(H,76,83)(H,77,88)(H,78,89)(H,79,92)(H,80,93)(H,81,94)(H,85,86)(H,90,91). The summed E-state index contributed by atoms with van der Waals surface area (Å²) < 4.78 is 0. The lowest BCUT2D eigenvalue weighted by molar-refractivity contribution is -0.144. The zero-order chi connectivity index (χ0) is 69.2. The predicted molar refractivity (Wildman–Crippen MR) is 371 cm³/mol. The van der Waals surface area contributed by atoms with Crippen LogP contribution in [0.1, 0.15) is 287 Å². The molecular weight excluding hydrogens is 1190 g/mol. The summed E-state index contributed by atoms with van der Waals surface area (Å²) in [5.41, 5.74) is -2.87. The highest BCUT2D eigenvalue weighted by molar-refractivity contribution is 6.09. The number of carbonyl (C=O) groups is 10. The average Bonchev–Trinajstić information content (AvgIpc) is 0.933. The minimum absolute atomic E-state index is 0.000775. The molecule has 0 radical (unpaired) electrons. The number of rotatable bonds is 54. The molecule has 1 heterocycles. The minimum atomic E-state index is -1.49. The van der Waals surface area contributed by atoms with Crippen LogP contribution in [0.15, 0.2) is 54.6 Å². The Morgan fingerprint density at radius 3 is 1.39 bits per heavy atom. The van der Waals surface area contributed by atoms with E-state index in [1.165, 1.54) is 89.9 Å². The molecule has 1 fully saturated rings. The maximum absolute atomic E-state index is 15.0. The smallest absolute Gasteiger partial charge is 0.307 e. The quantitative estimate of drug-likeness (QED) is 0.0227. The van der Waals surface area contributed by atoms with E-state index in [1.54, 1.807) is 81.1 Å². The molecule has 0 saturated carbocycles. The molecule has 1 aliphatic rings. The highest BCUT2D eigenvalue weighted by Gasteiger charge is 2.50. The van der Waals surface area contributed by atoms with Gasteiger partial charge >= 0.3 is 11.9 Å². The Bertz CT molecular complexity index is 2610. The Balaban J connectivity index is 1.77. The molecule has 19 nitrogen and oxygen atoms in total. The van der Waals surface area contributed by atoms with Gasteiger partial charge in [-0.1, -0.05) is 239 Å². The number of amides is 7. The summed E-state index contributed by atoms with van der Waals surface area (Å²) in [5.74, 6) is -6.62. The lowest BCUT2D eigenvalue weighted by atomic mass is 9.63. The third kappa shape index (κ3) is 31.7. The van der Waals surface area contributed by atoms with Crippen molar-refractivity contribution in [2.45, 2.75) is 266 Å². The number of nitrogens with one attached hydrogen (secondary N) is 6. The summed E-state index contributed by atoms with van der Waals surface area (Å²) in [5, 5.41) is 37.1. The van der Waals surface area contributed by atoms with Gasteiger partial charge in [0, 0.05) is 104 Å². The molecule has 5 unspecified atom stereocenters. The van der Waals surface area contributed by atoms with Crippen LogP contribution in [0.3, 0.4) is 0 Å². The molecule has 1 saturated heterocycles. The fourth-order valence-corrected chi connectivity index (χ4v) is 13.4. The molecule has 0 aliphatic carbocycles. The van der Waals surface area contributed by atoms with Gasteiger partial charge in [-0.05, 0) is 57.1 Å². The summed E-state index contributed by atoms with van der Waals surface area (Å²) >= 11 is 0. The van der Waals surface area contributed by atoms with E-state index in [1.807, 2.05) is 13.0 Å². The van der Waals surface area contributed by atoms with Gasteiger partial charge in [0.2, 0.25) is 35.4 Å². The Kier molecular flexibility index (Phi) is 39.6. The topological polar surface area (TPSA) is 287 Å². The van der Waals surface area contributed by atoms with Crippen molar-refractivity contribution in [2.24, 2.45) is 28.1 Å². The number of aliphatic carboxylic acids is 2. The Morgan fingerprint density at radius 1 is 0.479 bits per heavy atom. The molecule has 19 heteroatoms. The van der Waals surface area contributed by atoms with E-state index >= 15 is 4.79 Å². The highest BCUT2D eigenvalue weighted by Crippen LogP contribution is 2.46. The zero-order valence-corrected chi connectivity index (χ0v) is 58.6. The van der Waals surface area contributed by atoms with Crippen molar-refractivity contribution in [3.8, 4) is 0 Å². The second-order valence-corrected chi connectivity index (χ2v) is 27.8. The number of hydrogen-bond donors (Lipinski definition) is 8. The fourth-order valence-electron chi connectivity index (χ4n) is 13.4. The van der Waals surface area contributed by atoms with Crippen LogP contribution in [0, 0.1) is 28.1 Å². The van der Waals surface area contributed by atoms with E-state index in [4.69, 9.17) is 0 Å². The Labute approximate surface area is 563 Å². The first-order valence-electron chi connectivity index (χ1n) is 36.1. The second kappa shape index (κ2) is 45.7. The molecule has 2 aromatic rings. The average molecular weight is 1310 g/mol. The van der Waals surface area contributed by atoms with E-state index in [0.717, 1.165) is 44.9 Å². The molecule has 1 aliphatic heterocycles. The molecule has 528 valence electrons. The summed E-state index contributed by atoms with van der Waals surface area (Å²) in [6.07, 6.45) is 27.9. The van der Waals surface area contributed by atoms with Crippen LogP contribution in [-0.4, -0.2) is 126 Å². The van der Waals surface area contributed by atoms with E-state index in [2.05, 4.69) is 45.7 Å². The van der Waals surface area contributed by atoms with Crippen LogP contribution in [-0.2, 0) is 38.4 Å². The normalized spacial score (nSPS) is 14.6. The number of benzene rings is 2. The molecule has 0 spiro atoms. The van der Waals surface area contributed by atoms with Crippen LogP contribution >= 0.6 is 0 Å². The second-order valence-electron chi connectivity index (χ2n) is 27.8.